The lowest BCUT2D eigenvalue weighted by Crippen LogP contribution is -1.82. The molecule has 140 valence electrons. The van der Waals surface area contributed by atoms with Gasteiger partial charge in [-0.15, -0.1) is 11.8 Å². The minimum absolute atomic E-state index is 0.741. The normalized spacial score (nSPS) is 10.4. The summed E-state index contributed by atoms with van der Waals surface area (Å²) in [7, 11) is 0. The van der Waals surface area contributed by atoms with Gasteiger partial charge in [0.05, 0.1) is 0 Å². The number of unbranched alkanes of at least 4 members (excludes halogenated alkanes) is 17. The van der Waals surface area contributed by atoms with E-state index in [9.17, 15) is 4.79 Å². The minimum atomic E-state index is 0.741. The standard InChI is InChI=1S/C23H42O/c1-2-3-4-5-6-7-8-9-10-11-12-13-14-15-16-17-18-19-20-21-22-23-24/h23H,2-12,15-22H2,1H3. The van der Waals surface area contributed by atoms with Crippen molar-refractivity contribution in [3.63, 3.8) is 0 Å². The van der Waals surface area contributed by atoms with E-state index in [1.165, 1.54) is 96.3 Å². The van der Waals surface area contributed by atoms with Crippen molar-refractivity contribution in [1.82, 2.24) is 0 Å². The molecule has 0 aromatic rings. The second kappa shape index (κ2) is 22.2. The van der Waals surface area contributed by atoms with Crippen LogP contribution in [-0.4, -0.2) is 6.29 Å². The smallest absolute Gasteiger partial charge is 0.119 e. The Kier molecular flexibility index (Phi) is 21.5. The first-order valence-electron chi connectivity index (χ1n) is 10.8. The van der Waals surface area contributed by atoms with Crippen molar-refractivity contribution in [1.29, 1.82) is 0 Å². The molecule has 24 heavy (non-hydrogen) atoms. The predicted octanol–water partition coefficient (Wildman–Crippen LogP) is 7.62. The van der Waals surface area contributed by atoms with Crippen molar-refractivity contribution in [3.8, 4) is 11.8 Å². The molecule has 0 atom stereocenters. The van der Waals surface area contributed by atoms with Gasteiger partial charge >= 0.3 is 0 Å². The van der Waals surface area contributed by atoms with E-state index in [1.54, 1.807) is 0 Å². The monoisotopic (exact) mass is 334 g/mol. The van der Waals surface area contributed by atoms with Crippen LogP contribution in [0.4, 0.5) is 0 Å². The van der Waals surface area contributed by atoms with Crippen molar-refractivity contribution >= 4 is 6.29 Å². The van der Waals surface area contributed by atoms with Gasteiger partial charge in [0.15, 0.2) is 0 Å². The summed E-state index contributed by atoms with van der Waals surface area (Å²) in [6, 6.07) is 0. The summed E-state index contributed by atoms with van der Waals surface area (Å²) in [4.78, 5) is 10.2. The fraction of sp³-hybridized carbons (Fsp3) is 0.870. The molecule has 0 N–H and O–H groups in total. The molecule has 0 fully saturated rings. The van der Waals surface area contributed by atoms with Gasteiger partial charge in [0.2, 0.25) is 0 Å². The molecule has 0 heterocycles. The number of aldehydes is 1. The van der Waals surface area contributed by atoms with Crippen molar-refractivity contribution < 1.29 is 4.79 Å². The van der Waals surface area contributed by atoms with E-state index >= 15 is 0 Å². The van der Waals surface area contributed by atoms with Crippen LogP contribution in [0.15, 0.2) is 0 Å². The number of carbonyl (C=O) groups excluding carboxylic acids is 1. The van der Waals surface area contributed by atoms with Crippen LogP contribution in [0.3, 0.4) is 0 Å². The molecule has 0 bridgehead atoms. The second-order valence-corrected chi connectivity index (χ2v) is 7.11. The molecular weight excluding hydrogens is 292 g/mol. The van der Waals surface area contributed by atoms with Crippen molar-refractivity contribution in [3.05, 3.63) is 0 Å². The molecule has 0 aliphatic heterocycles. The first kappa shape index (κ1) is 23.2. The van der Waals surface area contributed by atoms with E-state index in [1.807, 2.05) is 0 Å². The zero-order valence-electron chi connectivity index (χ0n) is 16.4. The minimum Gasteiger partial charge on any atom is -0.303 e. The van der Waals surface area contributed by atoms with Crippen molar-refractivity contribution in [2.45, 2.75) is 129 Å². The molecule has 0 spiro atoms. The van der Waals surface area contributed by atoms with E-state index in [-0.39, 0.29) is 0 Å². The summed E-state index contributed by atoms with van der Waals surface area (Å²) in [6.07, 6.45) is 25.4. The second-order valence-electron chi connectivity index (χ2n) is 7.11. The van der Waals surface area contributed by atoms with Gasteiger partial charge in [0.1, 0.15) is 6.29 Å². The number of hydrogen-bond donors (Lipinski definition) is 0. The van der Waals surface area contributed by atoms with E-state index in [0.29, 0.717) is 0 Å². The Morgan fingerprint density at radius 3 is 1.33 bits per heavy atom. The summed E-state index contributed by atoms with van der Waals surface area (Å²) < 4.78 is 0. The first-order valence-corrected chi connectivity index (χ1v) is 10.8. The molecule has 0 saturated heterocycles. The maximum absolute atomic E-state index is 10.2. The lowest BCUT2D eigenvalue weighted by Gasteiger charge is -2.00. The van der Waals surface area contributed by atoms with Crippen LogP contribution in [0, 0.1) is 11.8 Å². The Bertz CT molecular complexity index is 297. The topological polar surface area (TPSA) is 17.1 Å². The van der Waals surface area contributed by atoms with Gasteiger partial charge in [-0.2, -0.15) is 0 Å². The van der Waals surface area contributed by atoms with Gasteiger partial charge < -0.3 is 4.79 Å². The summed E-state index contributed by atoms with van der Waals surface area (Å²) >= 11 is 0. The van der Waals surface area contributed by atoms with Crippen LogP contribution >= 0.6 is 0 Å². The van der Waals surface area contributed by atoms with Gasteiger partial charge in [0.25, 0.3) is 0 Å². The highest BCUT2D eigenvalue weighted by molar-refractivity contribution is 5.48. The van der Waals surface area contributed by atoms with Gasteiger partial charge in [-0.1, -0.05) is 90.4 Å². The molecule has 0 rings (SSSR count). The Balaban J connectivity index is 3.08. The molecule has 0 unspecified atom stereocenters. The van der Waals surface area contributed by atoms with Crippen LogP contribution in [0.2, 0.25) is 0 Å². The van der Waals surface area contributed by atoms with E-state index < -0.39 is 0 Å². The third-order valence-electron chi connectivity index (χ3n) is 4.65. The Morgan fingerprint density at radius 2 is 0.917 bits per heavy atom. The molecule has 0 saturated carbocycles. The predicted molar refractivity (Wildman–Crippen MR) is 107 cm³/mol. The molecule has 1 heteroatoms. The van der Waals surface area contributed by atoms with E-state index in [4.69, 9.17) is 0 Å². The lowest BCUT2D eigenvalue weighted by atomic mass is 10.1. The maximum Gasteiger partial charge on any atom is 0.119 e. The molecule has 0 aliphatic carbocycles. The highest BCUT2D eigenvalue weighted by Gasteiger charge is 1.92. The number of rotatable bonds is 18. The van der Waals surface area contributed by atoms with Crippen LogP contribution < -0.4 is 0 Å². The Hall–Kier alpha value is -0.770. The molecule has 0 amide bonds. The number of hydrogen-bond acceptors (Lipinski definition) is 1. The number of carbonyl (C=O) groups is 1. The fourth-order valence-electron chi connectivity index (χ4n) is 3.03. The van der Waals surface area contributed by atoms with Gasteiger partial charge in [-0.25, -0.2) is 0 Å². The summed E-state index contributed by atoms with van der Waals surface area (Å²) in [5, 5.41) is 0. The van der Waals surface area contributed by atoms with E-state index in [2.05, 4.69) is 18.8 Å². The van der Waals surface area contributed by atoms with Gasteiger partial charge in [-0.05, 0) is 19.3 Å². The average Bonchev–Trinajstić information content (AvgIpc) is 2.60. The van der Waals surface area contributed by atoms with Crippen LogP contribution in [0.5, 0.6) is 0 Å². The molecule has 0 aliphatic rings. The SMILES string of the molecule is CCCCCCCCCCCCC#CCCCCCCCCC=O. The van der Waals surface area contributed by atoms with Gasteiger partial charge in [0, 0.05) is 19.3 Å². The average molecular weight is 335 g/mol. The van der Waals surface area contributed by atoms with Crippen LogP contribution in [0.25, 0.3) is 0 Å². The van der Waals surface area contributed by atoms with Crippen LogP contribution in [0.1, 0.15) is 129 Å². The zero-order valence-corrected chi connectivity index (χ0v) is 16.4. The largest absolute Gasteiger partial charge is 0.303 e. The summed E-state index contributed by atoms with van der Waals surface area (Å²) in [6.45, 7) is 2.28. The summed E-state index contributed by atoms with van der Waals surface area (Å²) in [5.74, 6) is 6.67. The molecule has 0 radical (unpaired) electrons. The van der Waals surface area contributed by atoms with Crippen LogP contribution in [-0.2, 0) is 4.79 Å². The fourth-order valence-corrected chi connectivity index (χ4v) is 3.03. The van der Waals surface area contributed by atoms with Crippen molar-refractivity contribution in [2.75, 3.05) is 0 Å². The third-order valence-corrected chi connectivity index (χ3v) is 4.65. The highest BCUT2D eigenvalue weighted by atomic mass is 16.1. The Labute approximate surface area is 152 Å². The Morgan fingerprint density at radius 1 is 0.542 bits per heavy atom. The lowest BCUT2D eigenvalue weighted by molar-refractivity contribution is -0.107. The highest BCUT2D eigenvalue weighted by Crippen LogP contribution is 2.11. The first-order chi connectivity index (χ1) is 11.9. The molecule has 1 nitrogen and oxygen atoms in total. The zero-order chi connectivity index (χ0) is 17.6. The quantitative estimate of drug-likeness (QED) is 0.143. The summed E-state index contributed by atoms with van der Waals surface area (Å²) in [5.41, 5.74) is 0. The van der Waals surface area contributed by atoms with Gasteiger partial charge in [-0.3, -0.25) is 0 Å². The third kappa shape index (κ3) is 21.2. The molecular formula is C23H42O. The van der Waals surface area contributed by atoms with Crippen molar-refractivity contribution in [2.24, 2.45) is 0 Å². The maximum atomic E-state index is 10.2. The molecule has 0 aromatic carbocycles. The molecule has 0 aromatic heterocycles. The van der Waals surface area contributed by atoms with E-state index in [0.717, 1.165) is 32.0 Å².